The first-order chi connectivity index (χ1) is 8.19. The van der Waals surface area contributed by atoms with Crippen molar-refractivity contribution in [2.45, 2.75) is 38.7 Å². The molecule has 3 atom stereocenters. The summed E-state index contributed by atoms with van der Waals surface area (Å²) in [5, 5.41) is 10.2. The van der Waals surface area contributed by atoms with E-state index in [-0.39, 0.29) is 6.10 Å². The maximum Gasteiger partial charge on any atom is 0.119 e. The van der Waals surface area contributed by atoms with Gasteiger partial charge in [0.15, 0.2) is 0 Å². The van der Waals surface area contributed by atoms with Crippen LogP contribution in [-0.2, 0) is 6.42 Å². The molecule has 0 aliphatic heterocycles. The number of hydrogen-bond acceptors (Lipinski definition) is 2. The summed E-state index contributed by atoms with van der Waals surface area (Å²) in [5.41, 5.74) is 1.16. The van der Waals surface area contributed by atoms with Gasteiger partial charge in [-0.3, -0.25) is 0 Å². The van der Waals surface area contributed by atoms with E-state index >= 15 is 0 Å². The summed E-state index contributed by atoms with van der Waals surface area (Å²) in [6, 6.07) is 8.00. The van der Waals surface area contributed by atoms with E-state index in [9.17, 15) is 5.11 Å². The van der Waals surface area contributed by atoms with E-state index in [2.05, 4.69) is 13.0 Å². The van der Waals surface area contributed by atoms with Crippen molar-refractivity contribution >= 4 is 0 Å². The van der Waals surface area contributed by atoms with E-state index in [0.29, 0.717) is 5.92 Å². The van der Waals surface area contributed by atoms with Crippen molar-refractivity contribution in [3.8, 4) is 5.75 Å². The van der Waals surface area contributed by atoms with Gasteiger partial charge < -0.3 is 9.84 Å². The molecule has 1 aromatic rings. The van der Waals surface area contributed by atoms with Crippen LogP contribution in [0.25, 0.3) is 0 Å². The summed E-state index contributed by atoms with van der Waals surface area (Å²) < 4.78 is 5.20. The molecule has 2 nitrogen and oxygen atoms in total. The smallest absolute Gasteiger partial charge is 0.119 e. The van der Waals surface area contributed by atoms with Gasteiger partial charge in [0, 0.05) is 0 Å². The molecule has 1 aliphatic rings. The summed E-state index contributed by atoms with van der Waals surface area (Å²) in [7, 11) is 1.67. The molecule has 3 unspecified atom stereocenters. The van der Waals surface area contributed by atoms with Gasteiger partial charge in [0.25, 0.3) is 0 Å². The number of aliphatic hydroxyl groups excluding tert-OH is 1. The van der Waals surface area contributed by atoms with E-state index in [1.165, 1.54) is 19.3 Å². The number of hydrogen-bond donors (Lipinski definition) is 1. The summed E-state index contributed by atoms with van der Waals surface area (Å²) in [4.78, 5) is 0. The fraction of sp³-hybridized carbons (Fsp3) is 0.600. The van der Waals surface area contributed by atoms with Crippen LogP contribution in [0.5, 0.6) is 5.75 Å². The summed E-state index contributed by atoms with van der Waals surface area (Å²) >= 11 is 0. The molecule has 1 aromatic carbocycles. The van der Waals surface area contributed by atoms with Gasteiger partial charge in [-0.1, -0.05) is 25.5 Å². The Morgan fingerprint density at radius 2 is 2.24 bits per heavy atom. The van der Waals surface area contributed by atoms with Crippen LogP contribution in [0.4, 0.5) is 0 Å². The standard InChI is InChI=1S/C15H22O2/c1-11-6-7-13(8-11)15(16)10-12-4-3-5-14(9-12)17-2/h3-5,9,11,13,15-16H,6-8,10H2,1-2H3. The Bertz CT molecular complexity index is 362. The predicted molar refractivity (Wildman–Crippen MR) is 69.2 cm³/mol. The first-order valence-corrected chi connectivity index (χ1v) is 6.50. The maximum atomic E-state index is 10.2. The lowest BCUT2D eigenvalue weighted by molar-refractivity contribution is 0.109. The first kappa shape index (κ1) is 12.4. The number of ether oxygens (including phenoxy) is 1. The lowest BCUT2D eigenvalue weighted by Gasteiger charge is -2.18. The number of rotatable bonds is 4. The zero-order valence-corrected chi connectivity index (χ0v) is 10.7. The Labute approximate surface area is 104 Å². The molecule has 0 bridgehead atoms. The Morgan fingerprint density at radius 3 is 2.88 bits per heavy atom. The largest absolute Gasteiger partial charge is 0.497 e. The zero-order chi connectivity index (χ0) is 12.3. The lowest BCUT2D eigenvalue weighted by Crippen LogP contribution is -2.20. The normalized spacial score (nSPS) is 25.8. The average molecular weight is 234 g/mol. The molecule has 1 fully saturated rings. The minimum atomic E-state index is -0.202. The Morgan fingerprint density at radius 1 is 1.41 bits per heavy atom. The molecule has 17 heavy (non-hydrogen) atoms. The second-order valence-corrected chi connectivity index (χ2v) is 5.30. The van der Waals surface area contributed by atoms with Crippen molar-refractivity contribution in [3.63, 3.8) is 0 Å². The molecule has 0 amide bonds. The Kier molecular flexibility index (Phi) is 4.06. The van der Waals surface area contributed by atoms with Crippen molar-refractivity contribution < 1.29 is 9.84 Å². The third kappa shape index (κ3) is 3.22. The lowest BCUT2D eigenvalue weighted by atomic mass is 9.94. The van der Waals surface area contributed by atoms with E-state index in [1.54, 1.807) is 7.11 Å². The maximum absolute atomic E-state index is 10.2. The van der Waals surface area contributed by atoms with Crippen LogP contribution in [-0.4, -0.2) is 18.3 Å². The molecule has 1 N–H and O–H groups in total. The number of benzene rings is 1. The van der Waals surface area contributed by atoms with Crippen LogP contribution < -0.4 is 4.74 Å². The molecule has 0 aromatic heterocycles. The third-order valence-corrected chi connectivity index (χ3v) is 3.86. The van der Waals surface area contributed by atoms with Crippen molar-refractivity contribution in [3.05, 3.63) is 29.8 Å². The second-order valence-electron chi connectivity index (χ2n) is 5.30. The molecule has 0 radical (unpaired) electrons. The van der Waals surface area contributed by atoms with E-state index in [1.807, 2.05) is 18.2 Å². The highest BCUT2D eigenvalue weighted by Crippen LogP contribution is 2.33. The molecular weight excluding hydrogens is 212 g/mol. The highest BCUT2D eigenvalue weighted by Gasteiger charge is 2.27. The molecule has 1 aliphatic carbocycles. The van der Waals surface area contributed by atoms with E-state index in [0.717, 1.165) is 23.7 Å². The van der Waals surface area contributed by atoms with Gasteiger partial charge in [-0.05, 0) is 48.8 Å². The molecule has 2 heteroatoms. The summed E-state index contributed by atoms with van der Waals surface area (Å²) in [6.07, 6.45) is 4.15. The molecule has 94 valence electrons. The fourth-order valence-electron chi connectivity index (χ4n) is 2.81. The minimum absolute atomic E-state index is 0.202. The summed E-state index contributed by atoms with van der Waals surface area (Å²) in [5.74, 6) is 2.13. The monoisotopic (exact) mass is 234 g/mol. The van der Waals surface area contributed by atoms with Crippen molar-refractivity contribution in [1.82, 2.24) is 0 Å². The molecule has 2 rings (SSSR count). The highest BCUT2D eigenvalue weighted by molar-refractivity contribution is 5.28. The van der Waals surface area contributed by atoms with Crippen molar-refractivity contribution in [2.75, 3.05) is 7.11 Å². The van der Waals surface area contributed by atoms with Crippen LogP contribution in [0.15, 0.2) is 24.3 Å². The van der Waals surface area contributed by atoms with E-state index in [4.69, 9.17) is 4.74 Å². The van der Waals surface area contributed by atoms with Crippen molar-refractivity contribution in [1.29, 1.82) is 0 Å². The molecule has 0 saturated heterocycles. The van der Waals surface area contributed by atoms with Crippen molar-refractivity contribution in [2.24, 2.45) is 11.8 Å². The SMILES string of the molecule is COc1cccc(CC(O)C2CCC(C)C2)c1. The number of aliphatic hydroxyl groups is 1. The topological polar surface area (TPSA) is 29.5 Å². The minimum Gasteiger partial charge on any atom is -0.497 e. The van der Waals surface area contributed by atoms with Gasteiger partial charge >= 0.3 is 0 Å². The molecule has 0 spiro atoms. The van der Waals surface area contributed by atoms with E-state index < -0.39 is 0 Å². The molecular formula is C15H22O2. The van der Waals surface area contributed by atoms with Gasteiger partial charge in [-0.2, -0.15) is 0 Å². The van der Waals surface area contributed by atoms with Gasteiger partial charge in [0.2, 0.25) is 0 Å². The molecule has 1 saturated carbocycles. The Balaban J connectivity index is 1.95. The van der Waals surface area contributed by atoms with Gasteiger partial charge in [-0.25, -0.2) is 0 Å². The predicted octanol–water partition coefficient (Wildman–Crippen LogP) is 3.03. The van der Waals surface area contributed by atoms with Gasteiger partial charge in [0.1, 0.15) is 5.75 Å². The molecule has 0 heterocycles. The van der Waals surface area contributed by atoms with Crippen LogP contribution in [0.1, 0.15) is 31.7 Å². The summed E-state index contributed by atoms with van der Waals surface area (Å²) in [6.45, 7) is 2.28. The first-order valence-electron chi connectivity index (χ1n) is 6.50. The zero-order valence-electron chi connectivity index (χ0n) is 10.7. The van der Waals surface area contributed by atoms with Gasteiger partial charge in [0.05, 0.1) is 13.2 Å². The number of methoxy groups -OCH3 is 1. The quantitative estimate of drug-likeness (QED) is 0.867. The van der Waals surface area contributed by atoms with Crippen LogP contribution in [0.3, 0.4) is 0 Å². The Hall–Kier alpha value is -1.02. The van der Waals surface area contributed by atoms with Gasteiger partial charge in [-0.15, -0.1) is 0 Å². The fourth-order valence-corrected chi connectivity index (χ4v) is 2.81. The highest BCUT2D eigenvalue weighted by atomic mass is 16.5. The van der Waals surface area contributed by atoms with Crippen LogP contribution in [0.2, 0.25) is 0 Å². The third-order valence-electron chi connectivity index (χ3n) is 3.86. The van der Waals surface area contributed by atoms with Crippen LogP contribution >= 0.6 is 0 Å². The van der Waals surface area contributed by atoms with Crippen LogP contribution in [0, 0.1) is 11.8 Å². The average Bonchev–Trinajstić information content (AvgIpc) is 2.76. The second kappa shape index (κ2) is 5.54.